The lowest BCUT2D eigenvalue weighted by molar-refractivity contribution is -0.667. The Balaban J connectivity index is 1.87. The molecule has 128 valence electrons. The van der Waals surface area contributed by atoms with Crippen LogP contribution in [-0.4, -0.2) is 17.5 Å². The van der Waals surface area contributed by atoms with Crippen molar-refractivity contribution in [2.24, 2.45) is 7.05 Å². The third kappa shape index (κ3) is 3.38. The van der Waals surface area contributed by atoms with Crippen LogP contribution in [0.1, 0.15) is 10.4 Å². The van der Waals surface area contributed by atoms with Crippen molar-refractivity contribution in [3.63, 3.8) is 0 Å². The van der Waals surface area contributed by atoms with Gasteiger partial charge in [-0.2, -0.15) is 0 Å². The molecular weight excluding hydrogens is 321 g/mol. The van der Waals surface area contributed by atoms with Crippen molar-refractivity contribution in [1.29, 1.82) is 0 Å². The molecule has 0 atom stereocenters. The molecule has 3 aromatic rings. The Morgan fingerprint density at radius 2 is 1.80 bits per heavy atom. The molecule has 1 heterocycles. The van der Waals surface area contributed by atoms with Gasteiger partial charge in [-0.15, -0.1) is 0 Å². The topological polar surface area (TPSA) is 61.1 Å². The summed E-state index contributed by atoms with van der Waals surface area (Å²) >= 11 is 0. The lowest BCUT2D eigenvalue weighted by atomic mass is 10.1. The predicted octanol–water partition coefficient (Wildman–Crippen LogP) is 2.59. The summed E-state index contributed by atoms with van der Waals surface area (Å²) in [5, 5.41) is 0. The van der Waals surface area contributed by atoms with Crippen LogP contribution >= 0.6 is 0 Å². The molecule has 0 bridgehead atoms. The van der Waals surface area contributed by atoms with Crippen LogP contribution in [0.25, 0.3) is 11.3 Å². The second kappa shape index (κ2) is 6.76. The van der Waals surface area contributed by atoms with Gasteiger partial charge in [0.1, 0.15) is 30.0 Å². The maximum absolute atomic E-state index is 13.0. The molecular formula is C19H19FN3O2+. The van der Waals surface area contributed by atoms with Crippen LogP contribution in [0.15, 0.2) is 54.7 Å². The molecule has 0 radical (unpaired) electrons. The van der Waals surface area contributed by atoms with Crippen molar-refractivity contribution in [1.82, 2.24) is 4.57 Å². The largest absolute Gasteiger partial charge is 0.497 e. The van der Waals surface area contributed by atoms with Crippen molar-refractivity contribution >= 4 is 11.7 Å². The first kappa shape index (κ1) is 16.7. The molecule has 0 spiro atoms. The van der Waals surface area contributed by atoms with E-state index in [1.165, 1.54) is 24.3 Å². The van der Waals surface area contributed by atoms with E-state index in [9.17, 15) is 9.18 Å². The number of halogens is 1. The molecule has 1 aromatic heterocycles. The third-order valence-electron chi connectivity index (χ3n) is 4.14. The lowest BCUT2D eigenvalue weighted by Gasteiger charge is -2.01. The molecule has 3 rings (SSSR count). The fourth-order valence-electron chi connectivity index (χ4n) is 2.65. The number of nitrogen functional groups attached to an aromatic ring is 1. The van der Waals surface area contributed by atoms with Crippen LogP contribution in [0.2, 0.25) is 0 Å². The average molecular weight is 340 g/mol. The minimum absolute atomic E-state index is 0.0848. The van der Waals surface area contributed by atoms with Gasteiger partial charge in [-0.25, -0.2) is 13.5 Å². The van der Waals surface area contributed by atoms with Gasteiger partial charge in [-0.3, -0.25) is 10.5 Å². The van der Waals surface area contributed by atoms with Crippen LogP contribution in [0.3, 0.4) is 0 Å². The number of ketones is 1. The molecule has 2 aromatic carbocycles. The first-order valence-corrected chi connectivity index (χ1v) is 7.77. The number of anilines is 1. The van der Waals surface area contributed by atoms with E-state index >= 15 is 0 Å². The number of nitrogens with two attached hydrogens (primary N) is 1. The summed E-state index contributed by atoms with van der Waals surface area (Å²) < 4.78 is 21.7. The molecule has 0 unspecified atom stereocenters. The highest BCUT2D eigenvalue weighted by molar-refractivity contribution is 5.95. The smallest absolute Gasteiger partial charge is 0.355 e. The first-order chi connectivity index (χ1) is 12.0. The highest BCUT2D eigenvalue weighted by atomic mass is 19.1. The molecule has 0 aliphatic carbocycles. The Kier molecular flexibility index (Phi) is 4.52. The molecule has 5 nitrogen and oxygen atoms in total. The molecule has 0 aliphatic rings. The number of methoxy groups -OCH3 is 1. The van der Waals surface area contributed by atoms with Gasteiger partial charge >= 0.3 is 5.95 Å². The van der Waals surface area contributed by atoms with E-state index in [2.05, 4.69) is 0 Å². The third-order valence-corrected chi connectivity index (χ3v) is 4.14. The quantitative estimate of drug-likeness (QED) is 0.574. The maximum Gasteiger partial charge on any atom is 0.355 e. The average Bonchev–Trinajstić information content (AvgIpc) is 2.91. The van der Waals surface area contributed by atoms with E-state index in [0.717, 1.165) is 17.0 Å². The highest BCUT2D eigenvalue weighted by Gasteiger charge is 2.20. The number of benzene rings is 2. The van der Waals surface area contributed by atoms with E-state index in [1.807, 2.05) is 42.1 Å². The van der Waals surface area contributed by atoms with Gasteiger partial charge < -0.3 is 4.74 Å². The summed E-state index contributed by atoms with van der Waals surface area (Å²) in [6.45, 7) is 0.0848. The molecule has 2 N–H and O–H groups in total. The van der Waals surface area contributed by atoms with Gasteiger partial charge in [-0.1, -0.05) is 0 Å². The highest BCUT2D eigenvalue weighted by Crippen LogP contribution is 2.22. The molecule has 0 fully saturated rings. The Labute approximate surface area is 145 Å². The van der Waals surface area contributed by atoms with E-state index in [0.29, 0.717) is 11.5 Å². The van der Waals surface area contributed by atoms with Crippen molar-refractivity contribution in [3.8, 4) is 17.0 Å². The van der Waals surface area contributed by atoms with Gasteiger partial charge in [-0.05, 0) is 48.5 Å². The van der Waals surface area contributed by atoms with Gasteiger partial charge in [0.05, 0.1) is 14.2 Å². The molecule has 0 aliphatic heterocycles. The Hall–Kier alpha value is -3.15. The number of carbonyl (C=O) groups excluding carboxylic acids is 1. The van der Waals surface area contributed by atoms with Gasteiger partial charge in [0.25, 0.3) is 0 Å². The number of carbonyl (C=O) groups is 1. The number of aromatic nitrogens is 2. The zero-order valence-corrected chi connectivity index (χ0v) is 14.1. The fourth-order valence-corrected chi connectivity index (χ4v) is 2.65. The zero-order valence-electron chi connectivity index (χ0n) is 14.1. The minimum Gasteiger partial charge on any atom is -0.497 e. The van der Waals surface area contributed by atoms with Crippen molar-refractivity contribution in [3.05, 3.63) is 66.1 Å². The number of imidazole rings is 1. The normalized spacial score (nSPS) is 10.7. The predicted molar refractivity (Wildman–Crippen MR) is 92.7 cm³/mol. The Bertz CT molecular complexity index is 900. The summed E-state index contributed by atoms with van der Waals surface area (Å²) in [5.74, 6) is 0.723. The van der Waals surface area contributed by atoms with Crippen LogP contribution in [0.5, 0.6) is 5.75 Å². The van der Waals surface area contributed by atoms with Gasteiger partial charge in [0.2, 0.25) is 0 Å². The fraction of sp³-hybridized carbons (Fsp3) is 0.158. The number of ether oxygens (including phenoxy) is 1. The summed E-state index contributed by atoms with van der Waals surface area (Å²) in [6, 6.07) is 13.1. The molecule has 25 heavy (non-hydrogen) atoms. The van der Waals surface area contributed by atoms with E-state index in [4.69, 9.17) is 10.5 Å². The molecule has 0 saturated carbocycles. The second-order valence-corrected chi connectivity index (χ2v) is 5.72. The first-order valence-electron chi connectivity index (χ1n) is 7.77. The monoisotopic (exact) mass is 340 g/mol. The molecule has 6 heteroatoms. The van der Waals surface area contributed by atoms with Crippen LogP contribution in [0, 0.1) is 5.82 Å². The number of rotatable bonds is 5. The van der Waals surface area contributed by atoms with Gasteiger partial charge in [0, 0.05) is 11.1 Å². The summed E-state index contributed by atoms with van der Waals surface area (Å²) in [4.78, 5) is 12.4. The second-order valence-electron chi connectivity index (χ2n) is 5.72. The Morgan fingerprint density at radius 3 is 2.40 bits per heavy atom. The number of nitrogens with zero attached hydrogens (tertiary/aromatic N) is 2. The summed E-state index contributed by atoms with van der Waals surface area (Å²) in [7, 11) is 3.46. The van der Waals surface area contributed by atoms with E-state index < -0.39 is 0 Å². The minimum atomic E-state index is -0.370. The van der Waals surface area contributed by atoms with E-state index in [1.54, 1.807) is 11.7 Å². The summed E-state index contributed by atoms with van der Waals surface area (Å²) in [5.41, 5.74) is 8.43. The maximum atomic E-state index is 13.0. The molecule has 0 amide bonds. The van der Waals surface area contributed by atoms with Crippen LogP contribution in [-0.2, 0) is 13.6 Å². The van der Waals surface area contributed by atoms with Gasteiger partial charge in [0.15, 0.2) is 5.78 Å². The number of Topliss-reactive ketones (excluding diaryl/α,β-unsaturated/α-hetero) is 1. The Morgan fingerprint density at radius 1 is 1.16 bits per heavy atom. The van der Waals surface area contributed by atoms with Crippen molar-refractivity contribution in [2.75, 3.05) is 12.8 Å². The SMILES string of the molecule is COc1ccc(-c2c[n+](CC(=O)c3ccc(F)cc3)c(N)n2C)cc1. The standard InChI is InChI=1S/C19H18FN3O2/c1-22-17(13-5-9-16(25-2)10-6-13)11-23(19(22)21)12-18(24)14-3-7-15(20)8-4-14/h3-11,21H,12H2,1-2H3/p+1. The molecule has 0 saturated heterocycles. The van der Waals surface area contributed by atoms with Crippen LogP contribution < -0.4 is 15.0 Å². The summed E-state index contributed by atoms with van der Waals surface area (Å²) in [6.07, 6.45) is 1.83. The lowest BCUT2D eigenvalue weighted by Crippen LogP contribution is -2.39. The van der Waals surface area contributed by atoms with Crippen molar-refractivity contribution < 1.29 is 18.5 Å². The van der Waals surface area contributed by atoms with Crippen LogP contribution in [0.4, 0.5) is 10.3 Å². The number of hydrogen-bond acceptors (Lipinski definition) is 3. The van der Waals surface area contributed by atoms with E-state index in [-0.39, 0.29) is 18.1 Å². The van der Waals surface area contributed by atoms with Crippen molar-refractivity contribution in [2.45, 2.75) is 6.54 Å². The number of hydrogen-bond donors (Lipinski definition) is 1. The zero-order chi connectivity index (χ0) is 18.0.